The van der Waals surface area contributed by atoms with Crippen LogP contribution in [0.4, 0.5) is 0 Å². The quantitative estimate of drug-likeness (QED) is 0.475. The van der Waals surface area contributed by atoms with Gasteiger partial charge in [-0.15, -0.1) is 0 Å². The Labute approximate surface area is 106 Å². The van der Waals surface area contributed by atoms with Gasteiger partial charge in [0.2, 0.25) is 0 Å². The minimum atomic E-state index is 0.760. The maximum atomic E-state index is 11.1. The first-order valence-electron chi connectivity index (χ1n) is 6.23. The second-order valence-electron chi connectivity index (χ2n) is 4.53. The molecule has 1 nitrogen and oxygen atoms in total. The molecular formula is C17H14O. The summed E-state index contributed by atoms with van der Waals surface area (Å²) in [6.07, 6.45) is 1.95. The molecular weight excluding hydrogens is 220 g/mol. The minimum absolute atomic E-state index is 0.760. The average molecular weight is 234 g/mol. The Morgan fingerprint density at radius 3 is 2.33 bits per heavy atom. The number of fused-ring (bicyclic) bond motifs is 2. The van der Waals surface area contributed by atoms with Crippen LogP contribution >= 0.6 is 0 Å². The number of carbonyl (C=O) groups excluding carboxylic acids is 1. The first kappa shape index (κ1) is 11.0. The topological polar surface area (TPSA) is 17.1 Å². The molecule has 0 spiro atoms. The molecule has 18 heavy (non-hydrogen) atoms. The maximum Gasteiger partial charge on any atom is 0.150 e. The summed E-state index contributed by atoms with van der Waals surface area (Å²) in [5.41, 5.74) is 2.11. The van der Waals surface area contributed by atoms with E-state index in [1.54, 1.807) is 0 Å². The third-order valence-electron chi connectivity index (χ3n) is 3.51. The predicted octanol–water partition coefficient (Wildman–Crippen LogP) is 4.37. The summed E-state index contributed by atoms with van der Waals surface area (Å²) in [6, 6.07) is 16.5. The van der Waals surface area contributed by atoms with Crippen LogP contribution in [0.25, 0.3) is 21.5 Å². The largest absolute Gasteiger partial charge is 0.298 e. The number of aldehydes is 1. The van der Waals surface area contributed by atoms with E-state index in [0.717, 1.165) is 29.0 Å². The number of carbonyl (C=O) groups is 1. The highest BCUT2D eigenvalue weighted by Crippen LogP contribution is 2.27. The van der Waals surface area contributed by atoms with Crippen LogP contribution in [0.3, 0.4) is 0 Å². The Balaban J connectivity index is 2.47. The van der Waals surface area contributed by atoms with Gasteiger partial charge in [-0.3, -0.25) is 4.79 Å². The molecule has 3 aromatic rings. The number of benzene rings is 3. The zero-order valence-corrected chi connectivity index (χ0v) is 10.3. The molecule has 0 atom stereocenters. The molecule has 0 saturated carbocycles. The van der Waals surface area contributed by atoms with Crippen molar-refractivity contribution in [2.75, 3.05) is 0 Å². The van der Waals surface area contributed by atoms with Crippen molar-refractivity contribution in [3.63, 3.8) is 0 Å². The molecule has 0 aromatic heterocycles. The van der Waals surface area contributed by atoms with E-state index in [1.165, 1.54) is 16.3 Å². The number of hydrogen-bond acceptors (Lipinski definition) is 1. The zero-order valence-electron chi connectivity index (χ0n) is 10.3. The van der Waals surface area contributed by atoms with E-state index in [0.29, 0.717) is 0 Å². The summed E-state index contributed by atoms with van der Waals surface area (Å²) >= 11 is 0. The van der Waals surface area contributed by atoms with E-state index in [2.05, 4.69) is 43.3 Å². The van der Waals surface area contributed by atoms with E-state index in [-0.39, 0.29) is 0 Å². The van der Waals surface area contributed by atoms with Gasteiger partial charge in [0.25, 0.3) is 0 Å². The third kappa shape index (κ3) is 1.60. The van der Waals surface area contributed by atoms with Crippen molar-refractivity contribution < 1.29 is 4.79 Å². The second kappa shape index (κ2) is 4.26. The van der Waals surface area contributed by atoms with Crippen molar-refractivity contribution in [2.45, 2.75) is 13.3 Å². The van der Waals surface area contributed by atoms with Crippen LogP contribution in [-0.4, -0.2) is 6.29 Å². The van der Waals surface area contributed by atoms with Crippen LogP contribution in [0.5, 0.6) is 0 Å². The van der Waals surface area contributed by atoms with Crippen molar-refractivity contribution in [1.82, 2.24) is 0 Å². The monoisotopic (exact) mass is 234 g/mol. The number of rotatable bonds is 2. The molecule has 0 heterocycles. The summed E-state index contributed by atoms with van der Waals surface area (Å²) in [7, 11) is 0. The molecule has 3 rings (SSSR count). The highest BCUT2D eigenvalue weighted by Gasteiger charge is 2.04. The molecule has 0 fully saturated rings. The lowest BCUT2D eigenvalue weighted by Crippen LogP contribution is -1.87. The van der Waals surface area contributed by atoms with Gasteiger partial charge in [0.15, 0.2) is 6.29 Å². The number of aryl methyl sites for hydroxylation is 1. The fourth-order valence-corrected chi connectivity index (χ4v) is 2.55. The highest BCUT2D eigenvalue weighted by molar-refractivity contribution is 6.05. The van der Waals surface area contributed by atoms with Crippen LogP contribution in [0.1, 0.15) is 22.8 Å². The first-order chi connectivity index (χ1) is 8.83. The molecule has 0 aliphatic rings. The van der Waals surface area contributed by atoms with E-state index in [9.17, 15) is 4.79 Å². The molecule has 0 aliphatic carbocycles. The third-order valence-corrected chi connectivity index (χ3v) is 3.51. The van der Waals surface area contributed by atoms with Crippen molar-refractivity contribution in [2.24, 2.45) is 0 Å². The van der Waals surface area contributed by atoms with Crippen LogP contribution in [0, 0.1) is 0 Å². The van der Waals surface area contributed by atoms with Crippen LogP contribution in [0.15, 0.2) is 48.5 Å². The molecule has 3 aromatic carbocycles. The van der Waals surface area contributed by atoms with Gasteiger partial charge in [-0.25, -0.2) is 0 Å². The van der Waals surface area contributed by atoms with Gasteiger partial charge in [0.05, 0.1) is 0 Å². The Morgan fingerprint density at radius 2 is 1.61 bits per heavy atom. The van der Waals surface area contributed by atoms with Gasteiger partial charge in [-0.05, 0) is 45.7 Å². The lowest BCUT2D eigenvalue weighted by atomic mass is 9.96. The van der Waals surface area contributed by atoms with Gasteiger partial charge in [-0.1, -0.05) is 43.3 Å². The normalized spacial score (nSPS) is 10.9. The van der Waals surface area contributed by atoms with E-state index < -0.39 is 0 Å². The van der Waals surface area contributed by atoms with Gasteiger partial charge in [0, 0.05) is 5.56 Å². The van der Waals surface area contributed by atoms with Crippen LogP contribution in [-0.2, 0) is 6.42 Å². The summed E-state index contributed by atoms with van der Waals surface area (Å²) in [5, 5.41) is 4.66. The Bertz CT molecular complexity index is 741. The van der Waals surface area contributed by atoms with Crippen molar-refractivity contribution in [1.29, 1.82) is 0 Å². The fourth-order valence-electron chi connectivity index (χ4n) is 2.55. The molecule has 0 N–H and O–H groups in total. The van der Waals surface area contributed by atoms with E-state index >= 15 is 0 Å². The Kier molecular flexibility index (Phi) is 2.60. The Hall–Kier alpha value is -2.15. The van der Waals surface area contributed by atoms with E-state index in [4.69, 9.17) is 0 Å². The number of hydrogen-bond donors (Lipinski definition) is 0. The second-order valence-corrected chi connectivity index (χ2v) is 4.53. The summed E-state index contributed by atoms with van der Waals surface area (Å²) < 4.78 is 0. The van der Waals surface area contributed by atoms with Gasteiger partial charge in [0.1, 0.15) is 0 Å². The standard InChI is InChI=1S/C17H14O/c1-2-12-5-3-6-13-10-17-14(9-16(12)13)7-4-8-15(17)11-18/h3-11H,2H2,1H3. The minimum Gasteiger partial charge on any atom is -0.298 e. The Morgan fingerprint density at radius 1 is 0.944 bits per heavy atom. The maximum absolute atomic E-state index is 11.1. The zero-order chi connectivity index (χ0) is 12.5. The van der Waals surface area contributed by atoms with Gasteiger partial charge in [-0.2, -0.15) is 0 Å². The van der Waals surface area contributed by atoms with Crippen molar-refractivity contribution in [3.05, 3.63) is 59.7 Å². The molecule has 1 heteroatoms. The highest BCUT2D eigenvalue weighted by atomic mass is 16.1. The SMILES string of the molecule is CCc1cccc2cc3c(C=O)cccc3cc12. The lowest BCUT2D eigenvalue weighted by molar-refractivity contribution is 0.112. The molecule has 0 amide bonds. The summed E-state index contributed by atoms with van der Waals surface area (Å²) in [5.74, 6) is 0. The fraction of sp³-hybridized carbons (Fsp3) is 0.118. The summed E-state index contributed by atoms with van der Waals surface area (Å²) in [6.45, 7) is 2.17. The molecule has 0 unspecified atom stereocenters. The molecule has 0 aliphatic heterocycles. The molecule has 0 bridgehead atoms. The molecule has 88 valence electrons. The molecule has 0 radical (unpaired) electrons. The van der Waals surface area contributed by atoms with Crippen molar-refractivity contribution in [3.8, 4) is 0 Å². The molecule has 0 saturated heterocycles. The van der Waals surface area contributed by atoms with E-state index in [1.807, 2.05) is 12.1 Å². The first-order valence-corrected chi connectivity index (χ1v) is 6.23. The van der Waals surface area contributed by atoms with Crippen LogP contribution in [0.2, 0.25) is 0 Å². The predicted molar refractivity (Wildman–Crippen MR) is 76.2 cm³/mol. The average Bonchev–Trinajstić information content (AvgIpc) is 2.43. The lowest BCUT2D eigenvalue weighted by Gasteiger charge is -2.07. The summed E-state index contributed by atoms with van der Waals surface area (Å²) in [4.78, 5) is 11.1. The van der Waals surface area contributed by atoms with Crippen LogP contribution < -0.4 is 0 Å². The van der Waals surface area contributed by atoms with Gasteiger partial charge >= 0.3 is 0 Å². The van der Waals surface area contributed by atoms with Gasteiger partial charge < -0.3 is 0 Å². The smallest absolute Gasteiger partial charge is 0.150 e. The van der Waals surface area contributed by atoms with Crippen molar-refractivity contribution >= 4 is 27.8 Å².